The fourth-order valence-electron chi connectivity index (χ4n) is 2.45. The van der Waals surface area contributed by atoms with Crippen molar-refractivity contribution in [2.24, 2.45) is 5.92 Å². The highest BCUT2D eigenvalue weighted by Gasteiger charge is 2.15. The topological polar surface area (TPSA) is 55.0 Å². The molecule has 0 aliphatic carbocycles. The summed E-state index contributed by atoms with van der Waals surface area (Å²) in [6.45, 7) is 4.23. The molecule has 0 bridgehead atoms. The maximum Gasteiger partial charge on any atom is 0.259 e. The molecule has 1 heterocycles. The van der Waals surface area contributed by atoms with Crippen LogP contribution in [-0.4, -0.2) is 16.6 Å². The molecule has 6 heteroatoms. The molecule has 0 saturated heterocycles. The van der Waals surface area contributed by atoms with E-state index in [2.05, 4.69) is 9.97 Å². The van der Waals surface area contributed by atoms with Gasteiger partial charge in [0.1, 0.15) is 5.82 Å². The SMILES string of the molecule is CC(C)CCOc1c(F)cc(-c2nc3ccccc3c(=O)[nH]2)cc1F. The maximum absolute atomic E-state index is 14.3. The van der Waals surface area contributed by atoms with E-state index in [4.69, 9.17) is 4.74 Å². The smallest absolute Gasteiger partial charge is 0.259 e. The number of fused-ring (bicyclic) bond motifs is 1. The lowest BCUT2D eigenvalue weighted by atomic mass is 10.1. The molecule has 0 aliphatic rings. The number of nitrogens with one attached hydrogen (secondary N) is 1. The van der Waals surface area contributed by atoms with Crippen LogP contribution in [-0.2, 0) is 0 Å². The fourth-order valence-corrected chi connectivity index (χ4v) is 2.45. The molecule has 0 unspecified atom stereocenters. The largest absolute Gasteiger partial charge is 0.488 e. The van der Waals surface area contributed by atoms with E-state index in [9.17, 15) is 13.6 Å². The van der Waals surface area contributed by atoms with Gasteiger partial charge >= 0.3 is 0 Å². The highest BCUT2D eigenvalue weighted by atomic mass is 19.1. The normalized spacial score (nSPS) is 11.2. The number of H-pyrrole nitrogens is 1. The summed E-state index contributed by atoms with van der Waals surface area (Å²) in [5, 5.41) is 0.417. The maximum atomic E-state index is 14.3. The number of halogens is 2. The molecule has 1 aromatic heterocycles. The third-order valence-corrected chi connectivity index (χ3v) is 3.83. The molecule has 0 fully saturated rings. The molecule has 0 spiro atoms. The van der Waals surface area contributed by atoms with Crippen molar-refractivity contribution < 1.29 is 13.5 Å². The predicted molar refractivity (Wildman–Crippen MR) is 92.7 cm³/mol. The number of benzene rings is 2. The summed E-state index contributed by atoms with van der Waals surface area (Å²) in [6, 6.07) is 9.00. The molecular weight excluding hydrogens is 326 g/mol. The number of para-hydroxylation sites is 1. The van der Waals surface area contributed by atoms with Gasteiger partial charge in [0.2, 0.25) is 0 Å². The van der Waals surface area contributed by atoms with E-state index in [1.165, 1.54) is 0 Å². The van der Waals surface area contributed by atoms with Crippen LogP contribution in [0, 0.1) is 17.6 Å². The van der Waals surface area contributed by atoms with Gasteiger partial charge in [-0.1, -0.05) is 26.0 Å². The highest BCUT2D eigenvalue weighted by molar-refractivity contribution is 5.79. The van der Waals surface area contributed by atoms with Crippen molar-refractivity contribution in [3.8, 4) is 17.1 Å². The molecular formula is C19H18F2N2O2. The zero-order valence-corrected chi connectivity index (χ0v) is 14.0. The van der Waals surface area contributed by atoms with Crippen molar-refractivity contribution in [2.45, 2.75) is 20.3 Å². The second kappa shape index (κ2) is 7.01. The van der Waals surface area contributed by atoms with E-state index in [1.54, 1.807) is 24.3 Å². The van der Waals surface area contributed by atoms with Crippen LogP contribution >= 0.6 is 0 Å². The third kappa shape index (κ3) is 3.68. The van der Waals surface area contributed by atoms with Crippen LogP contribution in [0.2, 0.25) is 0 Å². The number of aromatic amines is 1. The van der Waals surface area contributed by atoms with Crippen molar-refractivity contribution in [2.75, 3.05) is 6.61 Å². The van der Waals surface area contributed by atoms with Gasteiger partial charge < -0.3 is 9.72 Å². The van der Waals surface area contributed by atoms with E-state index >= 15 is 0 Å². The van der Waals surface area contributed by atoms with E-state index < -0.39 is 17.4 Å². The Labute approximate surface area is 143 Å². The predicted octanol–water partition coefficient (Wildman–Crippen LogP) is 4.29. The number of ether oxygens (including phenoxy) is 1. The lowest BCUT2D eigenvalue weighted by Crippen LogP contribution is -2.10. The molecule has 1 N–H and O–H groups in total. The molecule has 2 aromatic carbocycles. The van der Waals surface area contributed by atoms with Gasteiger partial charge in [-0.05, 0) is 36.6 Å². The van der Waals surface area contributed by atoms with Crippen LogP contribution in [0.4, 0.5) is 8.78 Å². The summed E-state index contributed by atoms with van der Waals surface area (Å²) in [4.78, 5) is 18.9. The first kappa shape index (κ1) is 17.1. The Balaban J connectivity index is 1.97. The average Bonchev–Trinajstić information content (AvgIpc) is 2.57. The lowest BCUT2D eigenvalue weighted by molar-refractivity contribution is 0.263. The minimum Gasteiger partial charge on any atom is -0.488 e. The summed E-state index contributed by atoms with van der Waals surface area (Å²) in [5.41, 5.74) is 0.243. The number of aromatic nitrogens is 2. The Morgan fingerprint density at radius 3 is 2.52 bits per heavy atom. The van der Waals surface area contributed by atoms with Crippen LogP contribution in [0.1, 0.15) is 20.3 Å². The van der Waals surface area contributed by atoms with Crippen LogP contribution < -0.4 is 10.3 Å². The number of rotatable bonds is 5. The first-order chi connectivity index (χ1) is 12.0. The standard InChI is InChI=1S/C19H18F2N2O2/c1-11(2)7-8-25-17-14(20)9-12(10-15(17)21)18-22-16-6-4-3-5-13(16)19(24)23-18/h3-6,9-11H,7-8H2,1-2H3,(H,22,23,24). The Kier molecular flexibility index (Phi) is 4.79. The molecule has 0 aliphatic heterocycles. The van der Waals surface area contributed by atoms with E-state index in [1.807, 2.05) is 13.8 Å². The molecule has 130 valence electrons. The van der Waals surface area contributed by atoms with Crippen LogP contribution in [0.5, 0.6) is 5.75 Å². The van der Waals surface area contributed by atoms with Gasteiger partial charge in [-0.3, -0.25) is 4.79 Å². The average molecular weight is 344 g/mol. The third-order valence-electron chi connectivity index (χ3n) is 3.83. The van der Waals surface area contributed by atoms with Crippen LogP contribution in [0.25, 0.3) is 22.3 Å². The molecule has 0 saturated carbocycles. The first-order valence-corrected chi connectivity index (χ1v) is 8.07. The zero-order valence-electron chi connectivity index (χ0n) is 14.0. The molecule has 0 atom stereocenters. The summed E-state index contributed by atoms with van der Waals surface area (Å²) < 4.78 is 33.7. The minimum absolute atomic E-state index is 0.107. The first-order valence-electron chi connectivity index (χ1n) is 8.07. The van der Waals surface area contributed by atoms with Crippen molar-refractivity contribution >= 4 is 10.9 Å². The molecule has 0 amide bonds. The quantitative estimate of drug-likeness (QED) is 0.751. The Morgan fingerprint density at radius 1 is 1.16 bits per heavy atom. The van der Waals surface area contributed by atoms with Gasteiger partial charge in [0.05, 0.1) is 17.5 Å². The fraction of sp³-hybridized carbons (Fsp3) is 0.263. The number of hydrogen-bond acceptors (Lipinski definition) is 3. The van der Waals surface area contributed by atoms with Gasteiger partial charge in [-0.2, -0.15) is 0 Å². The van der Waals surface area contributed by atoms with E-state index in [0.29, 0.717) is 23.2 Å². The van der Waals surface area contributed by atoms with Gasteiger partial charge in [0.15, 0.2) is 17.4 Å². The lowest BCUT2D eigenvalue weighted by Gasteiger charge is -2.11. The van der Waals surface area contributed by atoms with Crippen molar-refractivity contribution in [3.63, 3.8) is 0 Å². The molecule has 3 rings (SSSR count). The summed E-state index contributed by atoms with van der Waals surface area (Å²) in [7, 11) is 0. The summed E-state index contributed by atoms with van der Waals surface area (Å²) in [5.74, 6) is -1.58. The van der Waals surface area contributed by atoms with Gasteiger partial charge in [0, 0.05) is 5.56 Å². The van der Waals surface area contributed by atoms with Crippen molar-refractivity contribution in [1.29, 1.82) is 0 Å². The van der Waals surface area contributed by atoms with Gasteiger partial charge in [0.25, 0.3) is 5.56 Å². The number of hydrogen-bond donors (Lipinski definition) is 1. The zero-order chi connectivity index (χ0) is 18.0. The van der Waals surface area contributed by atoms with E-state index in [-0.39, 0.29) is 23.6 Å². The Bertz CT molecular complexity index is 944. The minimum atomic E-state index is -0.824. The molecule has 3 aromatic rings. The second-order valence-electron chi connectivity index (χ2n) is 6.23. The Morgan fingerprint density at radius 2 is 1.84 bits per heavy atom. The van der Waals surface area contributed by atoms with Crippen molar-refractivity contribution in [3.05, 3.63) is 58.4 Å². The monoisotopic (exact) mass is 344 g/mol. The van der Waals surface area contributed by atoms with Gasteiger partial charge in [-0.25, -0.2) is 13.8 Å². The Hall–Kier alpha value is -2.76. The summed E-state index contributed by atoms with van der Waals surface area (Å²) in [6.07, 6.45) is 0.695. The van der Waals surface area contributed by atoms with Crippen LogP contribution in [0.15, 0.2) is 41.2 Å². The van der Waals surface area contributed by atoms with Crippen molar-refractivity contribution in [1.82, 2.24) is 9.97 Å². The van der Waals surface area contributed by atoms with Gasteiger partial charge in [-0.15, -0.1) is 0 Å². The molecule has 25 heavy (non-hydrogen) atoms. The number of nitrogens with zero attached hydrogens (tertiary/aromatic N) is 1. The molecule has 4 nitrogen and oxygen atoms in total. The van der Waals surface area contributed by atoms with E-state index in [0.717, 1.165) is 12.1 Å². The summed E-state index contributed by atoms with van der Waals surface area (Å²) >= 11 is 0. The highest BCUT2D eigenvalue weighted by Crippen LogP contribution is 2.28. The molecule has 0 radical (unpaired) electrons. The second-order valence-corrected chi connectivity index (χ2v) is 6.23. The van der Waals surface area contributed by atoms with Crippen LogP contribution in [0.3, 0.4) is 0 Å².